The number of rotatable bonds is 3. The van der Waals surface area contributed by atoms with E-state index in [4.69, 9.17) is 11.6 Å². The van der Waals surface area contributed by atoms with Gasteiger partial charge in [0.2, 0.25) is 0 Å². The van der Waals surface area contributed by atoms with E-state index in [1.807, 2.05) is 0 Å². The lowest BCUT2D eigenvalue weighted by Crippen LogP contribution is -2.25. The fraction of sp³-hybridized carbons (Fsp3) is 0.333. The smallest absolute Gasteiger partial charge is 0.0689 e. The van der Waals surface area contributed by atoms with Gasteiger partial charge in [0.05, 0.1) is 8.80 Å². The second-order valence-electron chi connectivity index (χ2n) is 2.79. The highest BCUT2D eigenvalue weighted by Crippen LogP contribution is 1.96. The minimum atomic E-state index is -0.692. The van der Waals surface area contributed by atoms with E-state index < -0.39 is 8.80 Å². The van der Waals surface area contributed by atoms with Gasteiger partial charge in [-0.2, -0.15) is 0 Å². The Bertz CT molecular complexity index is 198. The summed E-state index contributed by atoms with van der Waals surface area (Å²) in [5.74, 6) is 0.808. The number of alkyl halides is 1. The largest absolute Gasteiger partial charge is 0.127 e. The number of benzene rings is 1. The highest BCUT2D eigenvalue weighted by molar-refractivity contribution is 6.72. The Kier molecular flexibility index (Phi) is 3.67. The summed E-state index contributed by atoms with van der Waals surface area (Å²) >= 11 is 5.68. The van der Waals surface area contributed by atoms with E-state index >= 15 is 0 Å². The molecular weight excluding hydrogens is 172 g/mol. The van der Waals surface area contributed by atoms with E-state index in [0.717, 1.165) is 5.88 Å². The molecule has 60 valence electrons. The van der Waals surface area contributed by atoms with Crippen LogP contribution in [0, 0.1) is 0 Å². The van der Waals surface area contributed by atoms with Crippen LogP contribution in [0.1, 0.15) is 0 Å². The van der Waals surface area contributed by atoms with Crippen LogP contribution in [-0.4, -0.2) is 14.7 Å². The van der Waals surface area contributed by atoms with E-state index in [0.29, 0.717) is 0 Å². The zero-order valence-electron chi connectivity index (χ0n) is 6.76. The van der Waals surface area contributed by atoms with Gasteiger partial charge in [-0.1, -0.05) is 42.1 Å². The fourth-order valence-corrected chi connectivity index (χ4v) is 3.63. The van der Waals surface area contributed by atoms with E-state index in [1.165, 1.54) is 11.2 Å². The lowest BCUT2D eigenvalue weighted by atomic mass is 10.4. The average Bonchev–Trinajstić information content (AvgIpc) is 2.07. The molecule has 0 aliphatic rings. The summed E-state index contributed by atoms with van der Waals surface area (Å²) in [4.78, 5) is 0. The van der Waals surface area contributed by atoms with Crippen molar-refractivity contribution < 1.29 is 0 Å². The van der Waals surface area contributed by atoms with Crippen molar-refractivity contribution in [1.29, 1.82) is 0 Å². The van der Waals surface area contributed by atoms with Crippen molar-refractivity contribution in [1.82, 2.24) is 0 Å². The van der Waals surface area contributed by atoms with Gasteiger partial charge in [0, 0.05) is 5.88 Å². The van der Waals surface area contributed by atoms with Gasteiger partial charge in [-0.15, -0.1) is 11.6 Å². The van der Waals surface area contributed by atoms with Crippen LogP contribution in [0.5, 0.6) is 0 Å². The van der Waals surface area contributed by atoms with Gasteiger partial charge < -0.3 is 0 Å². The maximum atomic E-state index is 5.68. The molecule has 1 rings (SSSR count). The zero-order chi connectivity index (χ0) is 8.10. The molecule has 0 spiro atoms. The van der Waals surface area contributed by atoms with Crippen molar-refractivity contribution in [3.63, 3.8) is 0 Å². The quantitative estimate of drug-likeness (QED) is 0.498. The Morgan fingerprint density at radius 2 is 1.91 bits per heavy atom. The second-order valence-corrected chi connectivity index (χ2v) is 6.21. The third-order valence-corrected chi connectivity index (χ3v) is 5.17. The van der Waals surface area contributed by atoms with Gasteiger partial charge in [0.15, 0.2) is 0 Å². The topological polar surface area (TPSA) is 0 Å². The molecule has 0 heterocycles. The first-order chi connectivity index (χ1) is 5.34. The van der Waals surface area contributed by atoms with E-state index in [-0.39, 0.29) is 0 Å². The monoisotopic (exact) mass is 184 g/mol. The van der Waals surface area contributed by atoms with Crippen molar-refractivity contribution in [3.8, 4) is 0 Å². The predicted octanol–water partition coefficient (Wildman–Crippen LogP) is 1.99. The number of hydrogen-bond donors (Lipinski definition) is 0. The molecule has 1 atom stereocenters. The molecule has 0 aliphatic carbocycles. The van der Waals surface area contributed by atoms with Gasteiger partial charge in [-0.05, 0) is 6.04 Å². The third-order valence-electron chi connectivity index (χ3n) is 1.91. The van der Waals surface area contributed by atoms with Gasteiger partial charge in [-0.3, -0.25) is 0 Å². The molecule has 0 saturated heterocycles. The van der Waals surface area contributed by atoms with Crippen LogP contribution in [-0.2, 0) is 0 Å². The van der Waals surface area contributed by atoms with Crippen LogP contribution in [0.25, 0.3) is 0 Å². The normalized spacial score (nSPS) is 12.9. The molecule has 0 bridgehead atoms. The Balaban J connectivity index is 2.61. The molecular formula is C9H13ClSi. The number of halogens is 1. The highest BCUT2D eigenvalue weighted by atomic mass is 35.5. The lowest BCUT2D eigenvalue weighted by molar-refractivity contribution is 1.43. The van der Waals surface area contributed by atoms with E-state index in [2.05, 4.69) is 36.9 Å². The van der Waals surface area contributed by atoms with Crippen molar-refractivity contribution in [3.05, 3.63) is 30.3 Å². The molecule has 11 heavy (non-hydrogen) atoms. The first kappa shape index (κ1) is 8.82. The molecule has 0 aromatic heterocycles. The highest BCUT2D eigenvalue weighted by Gasteiger charge is 2.04. The molecule has 0 aliphatic heterocycles. The SMILES string of the molecule is C[SiH](CCCl)c1ccccc1. The molecule has 2 heteroatoms. The summed E-state index contributed by atoms with van der Waals surface area (Å²) in [5.41, 5.74) is 0. The van der Waals surface area contributed by atoms with Crippen LogP contribution >= 0.6 is 11.6 Å². The van der Waals surface area contributed by atoms with Gasteiger partial charge in [-0.25, -0.2) is 0 Å². The van der Waals surface area contributed by atoms with Crippen LogP contribution in [0.15, 0.2) is 30.3 Å². The van der Waals surface area contributed by atoms with E-state index in [9.17, 15) is 0 Å². The number of hydrogen-bond acceptors (Lipinski definition) is 0. The molecule has 0 fully saturated rings. The zero-order valence-corrected chi connectivity index (χ0v) is 8.67. The summed E-state index contributed by atoms with van der Waals surface area (Å²) in [7, 11) is -0.692. The van der Waals surface area contributed by atoms with Crippen molar-refractivity contribution >= 4 is 25.6 Å². The molecule has 1 aromatic rings. The summed E-state index contributed by atoms with van der Waals surface area (Å²) in [6, 6.07) is 11.9. The Labute approximate surface area is 74.8 Å². The summed E-state index contributed by atoms with van der Waals surface area (Å²) in [6.07, 6.45) is 0. The average molecular weight is 185 g/mol. The molecule has 0 saturated carbocycles. The maximum absolute atomic E-state index is 5.68. The van der Waals surface area contributed by atoms with Crippen LogP contribution < -0.4 is 5.19 Å². The van der Waals surface area contributed by atoms with Gasteiger partial charge in [0.1, 0.15) is 0 Å². The second kappa shape index (κ2) is 4.57. The fourth-order valence-electron chi connectivity index (χ4n) is 1.11. The third kappa shape index (κ3) is 2.68. The predicted molar refractivity (Wildman–Crippen MR) is 54.6 cm³/mol. The van der Waals surface area contributed by atoms with Crippen LogP contribution in [0.4, 0.5) is 0 Å². The standard InChI is InChI=1S/C9H13ClSi/c1-11(8-7-10)9-5-3-2-4-6-9/h2-6,11H,7-8H2,1H3. The van der Waals surface area contributed by atoms with Gasteiger partial charge in [0.25, 0.3) is 0 Å². The summed E-state index contributed by atoms with van der Waals surface area (Å²) in [5, 5.41) is 1.52. The lowest BCUT2D eigenvalue weighted by Gasteiger charge is -2.06. The van der Waals surface area contributed by atoms with Crippen molar-refractivity contribution in [2.75, 3.05) is 5.88 Å². The van der Waals surface area contributed by atoms with Crippen LogP contribution in [0.2, 0.25) is 12.6 Å². The molecule has 0 radical (unpaired) electrons. The Hall–Kier alpha value is -0.273. The van der Waals surface area contributed by atoms with Gasteiger partial charge >= 0.3 is 0 Å². The molecule has 1 unspecified atom stereocenters. The van der Waals surface area contributed by atoms with Crippen molar-refractivity contribution in [2.45, 2.75) is 12.6 Å². The molecule has 0 nitrogen and oxygen atoms in total. The van der Waals surface area contributed by atoms with Crippen molar-refractivity contribution in [2.24, 2.45) is 0 Å². The van der Waals surface area contributed by atoms with Crippen LogP contribution in [0.3, 0.4) is 0 Å². The molecule has 0 amide bonds. The minimum absolute atomic E-state index is 0.692. The Morgan fingerprint density at radius 3 is 2.45 bits per heavy atom. The van der Waals surface area contributed by atoms with E-state index in [1.54, 1.807) is 0 Å². The minimum Gasteiger partial charge on any atom is -0.127 e. The maximum Gasteiger partial charge on any atom is 0.0689 e. The molecule has 1 aromatic carbocycles. The first-order valence-electron chi connectivity index (χ1n) is 3.95. The molecule has 0 N–H and O–H groups in total. The summed E-state index contributed by atoms with van der Waals surface area (Å²) < 4.78 is 0. The summed E-state index contributed by atoms with van der Waals surface area (Å²) in [6.45, 7) is 2.34. The first-order valence-corrected chi connectivity index (χ1v) is 7.04. The Morgan fingerprint density at radius 1 is 1.27 bits per heavy atom.